The fraction of sp³-hybridized carbons (Fsp3) is 0.300. The molecule has 0 aliphatic carbocycles. The number of piperazine rings is 1. The van der Waals surface area contributed by atoms with Gasteiger partial charge < -0.3 is 20.2 Å². The minimum atomic E-state index is -1.04. The Morgan fingerprint density at radius 1 is 1.04 bits per heavy atom. The highest BCUT2D eigenvalue weighted by Crippen LogP contribution is 2.20. The molecule has 3 rings (SSSR count). The van der Waals surface area contributed by atoms with Crippen LogP contribution in [0.3, 0.4) is 0 Å². The van der Waals surface area contributed by atoms with Gasteiger partial charge in [0, 0.05) is 43.3 Å². The van der Waals surface area contributed by atoms with E-state index < -0.39 is 12.0 Å². The van der Waals surface area contributed by atoms with Crippen LogP contribution in [0.4, 0.5) is 10.5 Å². The Kier molecular flexibility index (Phi) is 6.19. The molecule has 1 atom stereocenters. The Bertz CT molecular complexity index is 792. The zero-order valence-electron chi connectivity index (χ0n) is 14.8. The second-order valence-corrected chi connectivity index (χ2v) is 6.92. The maximum atomic E-state index is 12.5. The number of carboxylic acids is 1. The summed E-state index contributed by atoms with van der Waals surface area (Å²) in [4.78, 5) is 27.9. The molecule has 0 unspecified atom stereocenters. The Morgan fingerprint density at radius 2 is 1.74 bits per heavy atom. The van der Waals surface area contributed by atoms with E-state index in [0.29, 0.717) is 31.2 Å². The SMILES string of the molecule is O=C(O)[C@H](Cc1ccccc1)NC(=O)N1CCN(c2cccc(Cl)c2)CC1. The number of aliphatic carboxylic acids is 1. The zero-order valence-corrected chi connectivity index (χ0v) is 15.6. The summed E-state index contributed by atoms with van der Waals surface area (Å²) in [5, 5.41) is 12.8. The second-order valence-electron chi connectivity index (χ2n) is 6.48. The van der Waals surface area contributed by atoms with Crippen LogP contribution in [0, 0.1) is 0 Å². The van der Waals surface area contributed by atoms with Crippen molar-refractivity contribution in [2.24, 2.45) is 0 Å². The molecule has 0 spiro atoms. The zero-order chi connectivity index (χ0) is 19.2. The topological polar surface area (TPSA) is 72.9 Å². The molecular formula is C20H22ClN3O3. The van der Waals surface area contributed by atoms with Gasteiger partial charge in [0.25, 0.3) is 0 Å². The Balaban J connectivity index is 1.55. The fourth-order valence-electron chi connectivity index (χ4n) is 3.13. The minimum absolute atomic E-state index is 0.254. The third-order valence-electron chi connectivity index (χ3n) is 4.62. The van der Waals surface area contributed by atoms with Gasteiger partial charge >= 0.3 is 12.0 Å². The minimum Gasteiger partial charge on any atom is -0.480 e. The second kappa shape index (κ2) is 8.77. The van der Waals surface area contributed by atoms with Gasteiger partial charge in [-0.15, -0.1) is 0 Å². The highest BCUT2D eigenvalue weighted by atomic mass is 35.5. The lowest BCUT2D eigenvalue weighted by Gasteiger charge is -2.36. The van der Waals surface area contributed by atoms with Crippen molar-refractivity contribution in [3.63, 3.8) is 0 Å². The molecule has 2 aromatic carbocycles. The number of hydrogen-bond acceptors (Lipinski definition) is 3. The number of anilines is 1. The molecule has 2 N–H and O–H groups in total. The largest absolute Gasteiger partial charge is 0.480 e. The number of amides is 2. The predicted octanol–water partition coefficient (Wildman–Crippen LogP) is 2.87. The average Bonchev–Trinajstić information content (AvgIpc) is 2.68. The van der Waals surface area contributed by atoms with Crippen LogP contribution in [0.25, 0.3) is 0 Å². The summed E-state index contributed by atoms with van der Waals surface area (Å²) < 4.78 is 0. The lowest BCUT2D eigenvalue weighted by molar-refractivity contribution is -0.139. The third-order valence-corrected chi connectivity index (χ3v) is 4.85. The molecule has 1 fully saturated rings. The summed E-state index contributed by atoms with van der Waals surface area (Å²) in [5.41, 5.74) is 1.89. The number of carboxylic acid groups (broad SMARTS) is 1. The van der Waals surface area contributed by atoms with Crippen molar-refractivity contribution in [2.75, 3.05) is 31.1 Å². The summed E-state index contributed by atoms with van der Waals surface area (Å²) in [6.45, 7) is 2.39. The van der Waals surface area contributed by atoms with E-state index in [0.717, 1.165) is 11.3 Å². The van der Waals surface area contributed by atoms with Crippen molar-refractivity contribution in [1.29, 1.82) is 0 Å². The maximum Gasteiger partial charge on any atom is 0.326 e. The normalized spacial score (nSPS) is 15.3. The van der Waals surface area contributed by atoms with Crippen LogP contribution in [0.15, 0.2) is 54.6 Å². The fourth-order valence-corrected chi connectivity index (χ4v) is 3.32. The van der Waals surface area contributed by atoms with Gasteiger partial charge in [0.15, 0.2) is 0 Å². The van der Waals surface area contributed by atoms with Gasteiger partial charge in [-0.05, 0) is 23.8 Å². The lowest BCUT2D eigenvalue weighted by Crippen LogP contribution is -2.55. The third kappa shape index (κ3) is 5.14. The highest BCUT2D eigenvalue weighted by Gasteiger charge is 2.26. The van der Waals surface area contributed by atoms with E-state index in [4.69, 9.17) is 11.6 Å². The summed E-state index contributed by atoms with van der Waals surface area (Å²) in [6, 6.07) is 15.6. The maximum absolute atomic E-state index is 12.5. The summed E-state index contributed by atoms with van der Waals surface area (Å²) in [5.74, 6) is -1.04. The molecular weight excluding hydrogens is 366 g/mol. The van der Waals surface area contributed by atoms with Gasteiger partial charge in [0.1, 0.15) is 6.04 Å². The molecule has 1 saturated heterocycles. The Labute approximate surface area is 163 Å². The van der Waals surface area contributed by atoms with Gasteiger partial charge in [-0.1, -0.05) is 48.0 Å². The molecule has 1 aliphatic rings. The molecule has 2 amide bonds. The van der Waals surface area contributed by atoms with Crippen LogP contribution in [-0.4, -0.2) is 54.2 Å². The van der Waals surface area contributed by atoms with Crippen molar-refractivity contribution in [3.05, 3.63) is 65.2 Å². The van der Waals surface area contributed by atoms with E-state index in [-0.39, 0.29) is 12.5 Å². The van der Waals surface area contributed by atoms with E-state index in [1.54, 1.807) is 4.90 Å². The van der Waals surface area contributed by atoms with E-state index in [9.17, 15) is 14.7 Å². The first-order chi connectivity index (χ1) is 13.0. The number of benzene rings is 2. The van der Waals surface area contributed by atoms with Gasteiger partial charge in [0.2, 0.25) is 0 Å². The average molecular weight is 388 g/mol. The van der Waals surface area contributed by atoms with Crippen LogP contribution in [0.2, 0.25) is 5.02 Å². The van der Waals surface area contributed by atoms with E-state index in [1.165, 1.54) is 0 Å². The Morgan fingerprint density at radius 3 is 2.37 bits per heavy atom. The molecule has 27 heavy (non-hydrogen) atoms. The molecule has 0 radical (unpaired) electrons. The molecule has 0 saturated carbocycles. The summed E-state index contributed by atoms with van der Waals surface area (Å²) in [7, 11) is 0. The van der Waals surface area contributed by atoms with Crippen molar-refractivity contribution in [1.82, 2.24) is 10.2 Å². The number of nitrogens with zero attached hydrogens (tertiary/aromatic N) is 2. The molecule has 0 aromatic heterocycles. The lowest BCUT2D eigenvalue weighted by atomic mass is 10.1. The molecule has 7 heteroatoms. The number of nitrogens with one attached hydrogen (secondary N) is 1. The number of carbonyl (C=O) groups is 2. The van der Waals surface area contributed by atoms with Crippen molar-refractivity contribution < 1.29 is 14.7 Å². The molecule has 2 aromatic rings. The first-order valence-electron chi connectivity index (χ1n) is 8.85. The highest BCUT2D eigenvalue weighted by molar-refractivity contribution is 6.30. The van der Waals surface area contributed by atoms with Crippen LogP contribution < -0.4 is 10.2 Å². The van der Waals surface area contributed by atoms with E-state index in [2.05, 4.69) is 10.2 Å². The van der Waals surface area contributed by atoms with Gasteiger partial charge in [-0.2, -0.15) is 0 Å². The van der Waals surface area contributed by atoms with Crippen LogP contribution in [-0.2, 0) is 11.2 Å². The first kappa shape index (κ1) is 19.0. The monoisotopic (exact) mass is 387 g/mol. The Hall–Kier alpha value is -2.73. The molecule has 1 heterocycles. The number of rotatable bonds is 5. The number of halogens is 1. The van der Waals surface area contributed by atoms with Crippen LogP contribution in [0.5, 0.6) is 0 Å². The smallest absolute Gasteiger partial charge is 0.326 e. The van der Waals surface area contributed by atoms with Crippen molar-refractivity contribution in [2.45, 2.75) is 12.5 Å². The molecule has 6 nitrogen and oxygen atoms in total. The predicted molar refractivity (Wildman–Crippen MR) is 105 cm³/mol. The van der Waals surface area contributed by atoms with Crippen molar-refractivity contribution in [3.8, 4) is 0 Å². The van der Waals surface area contributed by atoms with Crippen LogP contribution in [0.1, 0.15) is 5.56 Å². The van der Waals surface area contributed by atoms with Crippen LogP contribution >= 0.6 is 11.6 Å². The number of urea groups is 1. The molecule has 0 bridgehead atoms. The summed E-state index contributed by atoms with van der Waals surface area (Å²) >= 11 is 6.04. The van der Waals surface area contributed by atoms with Gasteiger partial charge in [-0.3, -0.25) is 0 Å². The number of hydrogen-bond donors (Lipinski definition) is 2. The van der Waals surface area contributed by atoms with Gasteiger partial charge in [0.05, 0.1) is 0 Å². The first-order valence-corrected chi connectivity index (χ1v) is 9.23. The van der Waals surface area contributed by atoms with E-state index in [1.807, 2.05) is 54.6 Å². The summed E-state index contributed by atoms with van der Waals surface area (Å²) in [6.07, 6.45) is 0.254. The standard InChI is InChI=1S/C20H22ClN3O3/c21-16-7-4-8-17(14-16)23-9-11-24(12-10-23)20(27)22-18(19(25)26)13-15-5-2-1-3-6-15/h1-8,14,18H,9-13H2,(H,22,27)(H,25,26)/t18-/m0/s1. The molecule has 1 aliphatic heterocycles. The van der Waals surface area contributed by atoms with E-state index >= 15 is 0 Å². The number of carbonyl (C=O) groups excluding carboxylic acids is 1. The molecule has 142 valence electrons. The quantitative estimate of drug-likeness (QED) is 0.827. The van der Waals surface area contributed by atoms with Crippen molar-refractivity contribution >= 4 is 29.3 Å². The van der Waals surface area contributed by atoms with Gasteiger partial charge in [-0.25, -0.2) is 9.59 Å².